The highest BCUT2D eigenvalue weighted by Gasteiger charge is 2.24. The van der Waals surface area contributed by atoms with Gasteiger partial charge in [-0.05, 0) is 23.3 Å². The van der Waals surface area contributed by atoms with Crippen molar-refractivity contribution in [1.82, 2.24) is 0 Å². The summed E-state index contributed by atoms with van der Waals surface area (Å²) >= 11 is 0. The van der Waals surface area contributed by atoms with E-state index in [1.165, 1.54) is 5.56 Å². The number of hydrogen-bond donors (Lipinski definition) is 1. The molecule has 2 atom stereocenters. The van der Waals surface area contributed by atoms with Gasteiger partial charge in [0.2, 0.25) is 0 Å². The fourth-order valence-electron chi connectivity index (χ4n) is 1.61. The maximum Gasteiger partial charge on any atom is 0.0594 e. The standard InChI is InChI=1S/C14H22O/c1-11(10-13(15)14(2,3)4)12-8-6-5-7-9-12/h5-9,11,13,15H,10H2,1-4H3. The molecule has 15 heavy (non-hydrogen) atoms. The Hall–Kier alpha value is -0.820. The quantitative estimate of drug-likeness (QED) is 0.801. The van der Waals surface area contributed by atoms with Gasteiger partial charge in [-0.2, -0.15) is 0 Å². The molecule has 1 N–H and O–H groups in total. The number of aliphatic hydroxyl groups is 1. The monoisotopic (exact) mass is 206 g/mol. The first kappa shape index (κ1) is 12.3. The summed E-state index contributed by atoms with van der Waals surface area (Å²) in [6, 6.07) is 10.4. The minimum Gasteiger partial charge on any atom is -0.393 e. The topological polar surface area (TPSA) is 20.2 Å². The molecule has 0 aliphatic rings. The van der Waals surface area contributed by atoms with Crippen molar-refractivity contribution in [2.45, 2.75) is 46.1 Å². The van der Waals surface area contributed by atoms with Gasteiger partial charge < -0.3 is 5.11 Å². The molecule has 0 saturated carbocycles. The second-order valence-corrected chi connectivity index (χ2v) is 5.43. The van der Waals surface area contributed by atoms with Crippen LogP contribution in [0.1, 0.15) is 45.6 Å². The predicted octanol–water partition coefficient (Wildman–Crippen LogP) is 3.59. The van der Waals surface area contributed by atoms with Crippen molar-refractivity contribution in [2.75, 3.05) is 0 Å². The van der Waals surface area contributed by atoms with Gasteiger partial charge in [0.05, 0.1) is 6.10 Å². The fraction of sp³-hybridized carbons (Fsp3) is 0.571. The second-order valence-electron chi connectivity index (χ2n) is 5.43. The lowest BCUT2D eigenvalue weighted by atomic mass is 9.82. The molecule has 0 aromatic heterocycles. The average Bonchev–Trinajstić information content (AvgIpc) is 2.17. The van der Waals surface area contributed by atoms with Crippen LogP contribution >= 0.6 is 0 Å². The number of rotatable bonds is 3. The normalized spacial score (nSPS) is 16.1. The van der Waals surface area contributed by atoms with Crippen molar-refractivity contribution in [3.05, 3.63) is 35.9 Å². The molecule has 1 nitrogen and oxygen atoms in total. The summed E-state index contributed by atoms with van der Waals surface area (Å²) < 4.78 is 0. The zero-order valence-corrected chi connectivity index (χ0v) is 10.2. The van der Waals surface area contributed by atoms with Crippen LogP contribution in [0.4, 0.5) is 0 Å². The van der Waals surface area contributed by atoms with Gasteiger partial charge in [-0.25, -0.2) is 0 Å². The van der Waals surface area contributed by atoms with Crippen molar-refractivity contribution in [2.24, 2.45) is 5.41 Å². The third kappa shape index (κ3) is 3.67. The third-order valence-electron chi connectivity index (χ3n) is 2.95. The minimum atomic E-state index is -0.243. The lowest BCUT2D eigenvalue weighted by Gasteiger charge is -2.28. The zero-order valence-electron chi connectivity index (χ0n) is 10.2. The number of aliphatic hydroxyl groups excluding tert-OH is 1. The Kier molecular flexibility index (Phi) is 3.92. The Bertz CT molecular complexity index is 284. The summed E-state index contributed by atoms with van der Waals surface area (Å²) in [5.41, 5.74) is 1.28. The molecule has 0 saturated heterocycles. The van der Waals surface area contributed by atoms with E-state index in [-0.39, 0.29) is 11.5 Å². The molecular formula is C14H22O. The van der Waals surface area contributed by atoms with Crippen LogP contribution in [-0.4, -0.2) is 11.2 Å². The molecular weight excluding hydrogens is 184 g/mol. The zero-order chi connectivity index (χ0) is 11.5. The van der Waals surface area contributed by atoms with Crippen LogP contribution in [0.5, 0.6) is 0 Å². The van der Waals surface area contributed by atoms with E-state index in [9.17, 15) is 5.11 Å². The molecule has 0 radical (unpaired) electrons. The Morgan fingerprint density at radius 3 is 2.13 bits per heavy atom. The van der Waals surface area contributed by atoms with Gasteiger partial charge in [0, 0.05) is 0 Å². The van der Waals surface area contributed by atoms with Crippen LogP contribution < -0.4 is 0 Å². The van der Waals surface area contributed by atoms with Crippen LogP contribution in [0, 0.1) is 5.41 Å². The molecule has 84 valence electrons. The molecule has 0 bridgehead atoms. The smallest absolute Gasteiger partial charge is 0.0594 e. The van der Waals surface area contributed by atoms with Crippen molar-refractivity contribution in [3.8, 4) is 0 Å². The first-order valence-electron chi connectivity index (χ1n) is 5.64. The van der Waals surface area contributed by atoms with Crippen molar-refractivity contribution in [1.29, 1.82) is 0 Å². The Labute approximate surface area is 93.1 Å². The first-order valence-corrected chi connectivity index (χ1v) is 5.64. The largest absolute Gasteiger partial charge is 0.393 e. The van der Waals surface area contributed by atoms with Gasteiger partial charge in [0.1, 0.15) is 0 Å². The summed E-state index contributed by atoms with van der Waals surface area (Å²) in [6.07, 6.45) is 0.584. The van der Waals surface area contributed by atoms with E-state index in [0.29, 0.717) is 5.92 Å². The highest BCUT2D eigenvalue weighted by atomic mass is 16.3. The molecule has 1 rings (SSSR count). The van der Waals surface area contributed by atoms with E-state index in [4.69, 9.17) is 0 Å². The maximum atomic E-state index is 10.0. The molecule has 0 spiro atoms. The van der Waals surface area contributed by atoms with Gasteiger partial charge in [-0.1, -0.05) is 58.0 Å². The van der Waals surface area contributed by atoms with E-state index in [1.54, 1.807) is 0 Å². The van der Waals surface area contributed by atoms with Crippen LogP contribution in [0.2, 0.25) is 0 Å². The summed E-state index contributed by atoms with van der Waals surface area (Å²) in [6.45, 7) is 8.41. The van der Waals surface area contributed by atoms with Crippen molar-refractivity contribution in [3.63, 3.8) is 0 Å². The van der Waals surface area contributed by atoms with Crippen molar-refractivity contribution >= 4 is 0 Å². The van der Waals surface area contributed by atoms with Crippen LogP contribution in [0.15, 0.2) is 30.3 Å². The molecule has 0 fully saturated rings. The minimum absolute atomic E-state index is 0.0248. The van der Waals surface area contributed by atoms with Crippen LogP contribution in [0.3, 0.4) is 0 Å². The van der Waals surface area contributed by atoms with E-state index < -0.39 is 0 Å². The van der Waals surface area contributed by atoms with Gasteiger partial charge >= 0.3 is 0 Å². The van der Waals surface area contributed by atoms with Crippen molar-refractivity contribution < 1.29 is 5.11 Å². The van der Waals surface area contributed by atoms with E-state index >= 15 is 0 Å². The third-order valence-corrected chi connectivity index (χ3v) is 2.95. The molecule has 0 amide bonds. The molecule has 2 unspecified atom stereocenters. The van der Waals surface area contributed by atoms with Gasteiger partial charge in [-0.15, -0.1) is 0 Å². The van der Waals surface area contributed by atoms with Gasteiger partial charge in [0.25, 0.3) is 0 Å². The van der Waals surface area contributed by atoms with E-state index in [0.717, 1.165) is 6.42 Å². The highest BCUT2D eigenvalue weighted by Crippen LogP contribution is 2.28. The molecule has 1 aromatic carbocycles. The SMILES string of the molecule is CC(CC(O)C(C)(C)C)c1ccccc1. The molecule has 1 aromatic rings. The molecule has 0 aliphatic heterocycles. The summed E-state index contributed by atoms with van der Waals surface area (Å²) in [5, 5.41) is 10.0. The summed E-state index contributed by atoms with van der Waals surface area (Å²) in [4.78, 5) is 0. The second kappa shape index (κ2) is 4.80. The summed E-state index contributed by atoms with van der Waals surface area (Å²) in [5.74, 6) is 0.417. The Morgan fingerprint density at radius 1 is 1.13 bits per heavy atom. The average molecular weight is 206 g/mol. The molecule has 1 heteroatoms. The first-order chi connectivity index (χ1) is 6.91. The maximum absolute atomic E-state index is 10.0. The number of hydrogen-bond acceptors (Lipinski definition) is 1. The lowest BCUT2D eigenvalue weighted by Crippen LogP contribution is -2.27. The van der Waals surface area contributed by atoms with Crippen LogP contribution in [-0.2, 0) is 0 Å². The Balaban J connectivity index is 2.61. The highest BCUT2D eigenvalue weighted by molar-refractivity contribution is 5.18. The van der Waals surface area contributed by atoms with E-state index in [1.807, 2.05) is 6.07 Å². The predicted molar refractivity (Wildman–Crippen MR) is 64.9 cm³/mol. The van der Waals surface area contributed by atoms with Crippen LogP contribution in [0.25, 0.3) is 0 Å². The lowest BCUT2D eigenvalue weighted by molar-refractivity contribution is 0.0507. The fourth-order valence-corrected chi connectivity index (χ4v) is 1.61. The van der Waals surface area contributed by atoms with E-state index in [2.05, 4.69) is 52.0 Å². The van der Waals surface area contributed by atoms with Gasteiger partial charge in [-0.3, -0.25) is 0 Å². The molecule has 0 heterocycles. The molecule has 0 aliphatic carbocycles. The van der Waals surface area contributed by atoms with Gasteiger partial charge in [0.15, 0.2) is 0 Å². The Morgan fingerprint density at radius 2 is 1.67 bits per heavy atom. The number of benzene rings is 1. The summed E-state index contributed by atoms with van der Waals surface area (Å²) in [7, 11) is 0.